The third-order valence-electron chi connectivity index (χ3n) is 3.93. The van der Waals surface area contributed by atoms with Crippen LogP contribution in [0.15, 0.2) is 35.3 Å². The highest BCUT2D eigenvalue weighted by Gasteiger charge is 2.11. The van der Waals surface area contributed by atoms with Crippen molar-refractivity contribution in [3.8, 4) is 23.0 Å². The van der Waals surface area contributed by atoms with Crippen LogP contribution in [0.25, 0.3) is 0 Å². The molecule has 0 unspecified atom stereocenters. The van der Waals surface area contributed by atoms with Crippen LogP contribution in [-0.4, -0.2) is 33.9 Å². The van der Waals surface area contributed by atoms with Crippen molar-refractivity contribution in [2.75, 3.05) is 27.9 Å². The zero-order valence-corrected chi connectivity index (χ0v) is 17.3. The Morgan fingerprint density at radius 1 is 1.00 bits per heavy atom. The van der Waals surface area contributed by atoms with E-state index in [1.54, 1.807) is 27.4 Å². The summed E-state index contributed by atoms with van der Waals surface area (Å²) < 4.78 is 21.4. The fraction of sp³-hybridized carbons (Fsp3) is 0.350. The van der Waals surface area contributed by atoms with E-state index >= 15 is 0 Å². The van der Waals surface area contributed by atoms with Gasteiger partial charge in [-0.1, -0.05) is 17.7 Å². The van der Waals surface area contributed by atoms with E-state index in [1.807, 2.05) is 31.2 Å². The van der Waals surface area contributed by atoms with Crippen LogP contribution in [0.3, 0.4) is 0 Å². The van der Waals surface area contributed by atoms with Crippen LogP contribution in [0.1, 0.15) is 18.1 Å². The molecule has 0 radical (unpaired) electrons. The predicted molar refractivity (Wildman–Crippen MR) is 111 cm³/mol. The van der Waals surface area contributed by atoms with Gasteiger partial charge >= 0.3 is 0 Å². The van der Waals surface area contributed by atoms with Crippen LogP contribution in [0.4, 0.5) is 0 Å². The molecule has 3 N–H and O–H groups in total. The van der Waals surface area contributed by atoms with Crippen LogP contribution in [0.5, 0.6) is 23.0 Å². The zero-order chi connectivity index (χ0) is 20.5. The van der Waals surface area contributed by atoms with Gasteiger partial charge in [0.05, 0.1) is 39.5 Å². The Morgan fingerprint density at radius 3 is 2.32 bits per heavy atom. The molecule has 0 amide bonds. The van der Waals surface area contributed by atoms with Crippen molar-refractivity contribution >= 4 is 17.6 Å². The van der Waals surface area contributed by atoms with Crippen molar-refractivity contribution in [1.82, 2.24) is 5.32 Å². The van der Waals surface area contributed by atoms with E-state index in [9.17, 15) is 0 Å². The third kappa shape index (κ3) is 5.60. The number of ether oxygens (including phenoxy) is 4. The second-order valence-corrected chi connectivity index (χ2v) is 6.19. The average Bonchev–Trinajstić information content (AvgIpc) is 2.71. The molecule has 2 aromatic rings. The van der Waals surface area contributed by atoms with Crippen molar-refractivity contribution in [1.29, 1.82) is 0 Å². The molecule has 8 heteroatoms. The summed E-state index contributed by atoms with van der Waals surface area (Å²) in [6.07, 6.45) is 0. The molecule has 0 aromatic heterocycles. The Labute approximate surface area is 170 Å². The second kappa shape index (κ2) is 10.5. The van der Waals surface area contributed by atoms with Crippen molar-refractivity contribution in [3.63, 3.8) is 0 Å². The van der Waals surface area contributed by atoms with Crippen molar-refractivity contribution in [2.24, 2.45) is 10.7 Å². The van der Waals surface area contributed by atoms with E-state index < -0.39 is 0 Å². The first kappa shape index (κ1) is 21.5. The number of nitrogens with two attached hydrogens (primary N) is 1. The molecule has 0 aliphatic rings. The number of guanidine groups is 1. The minimum Gasteiger partial charge on any atom is -0.493 e. The van der Waals surface area contributed by atoms with Gasteiger partial charge in [0.25, 0.3) is 0 Å². The molecule has 0 atom stereocenters. The van der Waals surface area contributed by atoms with Crippen LogP contribution in [0.2, 0.25) is 5.02 Å². The standard InChI is InChI=1S/C20H26ClN3O4/c1-5-28-19-15(21)8-14(10-18(19)27-4)12-24-20(22)23-11-13-6-7-16(25-2)17(9-13)26-3/h6-10H,5,11-12H2,1-4H3,(H3,22,23,24). The highest BCUT2D eigenvalue weighted by Crippen LogP contribution is 2.36. The Bertz CT molecular complexity index is 827. The molecule has 0 heterocycles. The summed E-state index contributed by atoms with van der Waals surface area (Å²) in [4.78, 5) is 4.35. The molecule has 0 bridgehead atoms. The highest BCUT2D eigenvalue weighted by atomic mass is 35.5. The summed E-state index contributed by atoms with van der Waals surface area (Å²) in [5.74, 6) is 2.75. The minimum atomic E-state index is 0.318. The Hall–Kier alpha value is -2.80. The summed E-state index contributed by atoms with van der Waals surface area (Å²) in [6.45, 7) is 3.25. The van der Waals surface area contributed by atoms with Crippen LogP contribution < -0.4 is 30.0 Å². The molecule has 7 nitrogen and oxygen atoms in total. The van der Waals surface area contributed by atoms with Crippen molar-refractivity contribution in [2.45, 2.75) is 20.0 Å². The van der Waals surface area contributed by atoms with Gasteiger partial charge in [-0.2, -0.15) is 0 Å². The molecular weight excluding hydrogens is 382 g/mol. The minimum absolute atomic E-state index is 0.318. The summed E-state index contributed by atoms with van der Waals surface area (Å²) in [7, 11) is 4.77. The number of halogens is 1. The van der Waals surface area contributed by atoms with Crippen LogP contribution >= 0.6 is 11.6 Å². The van der Waals surface area contributed by atoms with E-state index in [0.29, 0.717) is 53.7 Å². The van der Waals surface area contributed by atoms with Gasteiger partial charge < -0.3 is 30.0 Å². The summed E-state index contributed by atoms with van der Waals surface area (Å²) >= 11 is 6.28. The maximum absolute atomic E-state index is 6.28. The molecule has 0 aliphatic heterocycles. The van der Waals surface area contributed by atoms with Gasteiger partial charge in [-0.25, -0.2) is 4.99 Å². The fourth-order valence-corrected chi connectivity index (χ4v) is 2.85. The SMILES string of the molecule is CCOc1c(Cl)cc(CN=C(N)NCc2ccc(OC)c(OC)c2)cc1OC. The maximum Gasteiger partial charge on any atom is 0.189 e. The molecule has 0 fully saturated rings. The molecule has 0 aliphatic carbocycles. The van der Waals surface area contributed by atoms with Gasteiger partial charge in [0.2, 0.25) is 0 Å². The fourth-order valence-electron chi connectivity index (χ4n) is 2.56. The van der Waals surface area contributed by atoms with E-state index in [4.69, 9.17) is 36.3 Å². The second-order valence-electron chi connectivity index (χ2n) is 5.79. The van der Waals surface area contributed by atoms with Gasteiger partial charge in [-0.15, -0.1) is 0 Å². The number of benzene rings is 2. The van der Waals surface area contributed by atoms with E-state index in [2.05, 4.69) is 10.3 Å². The molecular formula is C20H26ClN3O4. The predicted octanol–water partition coefficient (Wildman–Crippen LogP) is 3.37. The number of nitrogens with zero attached hydrogens (tertiary/aromatic N) is 1. The maximum atomic E-state index is 6.28. The molecule has 28 heavy (non-hydrogen) atoms. The van der Waals surface area contributed by atoms with Gasteiger partial charge in [0.1, 0.15) is 0 Å². The van der Waals surface area contributed by atoms with Crippen molar-refractivity contribution < 1.29 is 18.9 Å². The number of hydrogen-bond donors (Lipinski definition) is 2. The van der Waals surface area contributed by atoms with Gasteiger partial charge in [0.15, 0.2) is 29.0 Å². The lowest BCUT2D eigenvalue weighted by atomic mass is 10.2. The summed E-state index contributed by atoms with van der Waals surface area (Å²) in [5.41, 5.74) is 7.83. The smallest absolute Gasteiger partial charge is 0.189 e. The Balaban J connectivity index is 2.02. The van der Waals surface area contributed by atoms with Gasteiger partial charge in [-0.05, 0) is 42.3 Å². The number of hydrogen-bond acceptors (Lipinski definition) is 5. The monoisotopic (exact) mass is 407 g/mol. The molecule has 152 valence electrons. The van der Waals surface area contributed by atoms with E-state index in [0.717, 1.165) is 11.1 Å². The highest BCUT2D eigenvalue weighted by molar-refractivity contribution is 6.32. The number of methoxy groups -OCH3 is 3. The Morgan fingerprint density at radius 2 is 1.68 bits per heavy atom. The molecule has 2 aromatic carbocycles. The van der Waals surface area contributed by atoms with E-state index in [1.165, 1.54) is 0 Å². The number of aliphatic imine (C=N–C) groups is 1. The summed E-state index contributed by atoms with van der Waals surface area (Å²) in [5, 5.41) is 3.55. The van der Waals surface area contributed by atoms with Crippen LogP contribution in [0, 0.1) is 0 Å². The first-order chi connectivity index (χ1) is 13.5. The quantitative estimate of drug-likeness (QED) is 0.489. The lowest BCUT2D eigenvalue weighted by molar-refractivity contribution is 0.311. The number of nitrogens with one attached hydrogen (secondary N) is 1. The molecule has 0 saturated carbocycles. The zero-order valence-electron chi connectivity index (χ0n) is 16.5. The van der Waals surface area contributed by atoms with Crippen molar-refractivity contribution in [3.05, 3.63) is 46.5 Å². The topological polar surface area (TPSA) is 87.3 Å². The average molecular weight is 408 g/mol. The molecule has 0 spiro atoms. The largest absolute Gasteiger partial charge is 0.493 e. The molecule has 2 rings (SSSR count). The van der Waals surface area contributed by atoms with E-state index in [-0.39, 0.29) is 0 Å². The Kier molecular flexibility index (Phi) is 8.07. The van der Waals surface area contributed by atoms with Crippen LogP contribution in [-0.2, 0) is 13.1 Å². The number of rotatable bonds is 9. The first-order valence-corrected chi connectivity index (χ1v) is 9.14. The molecule has 0 saturated heterocycles. The first-order valence-electron chi connectivity index (χ1n) is 8.76. The lowest BCUT2D eigenvalue weighted by Crippen LogP contribution is -2.31. The van der Waals surface area contributed by atoms with Gasteiger partial charge in [0, 0.05) is 6.54 Å². The lowest BCUT2D eigenvalue weighted by Gasteiger charge is -2.13. The van der Waals surface area contributed by atoms with Gasteiger partial charge in [-0.3, -0.25) is 0 Å². The third-order valence-corrected chi connectivity index (χ3v) is 4.21. The summed E-state index contributed by atoms with van der Waals surface area (Å²) in [6, 6.07) is 9.29. The normalized spacial score (nSPS) is 11.1.